The van der Waals surface area contributed by atoms with Gasteiger partial charge in [-0.15, -0.1) is 11.3 Å². The van der Waals surface area contributed by atoms with Crippen LogP contribution in [0.3, 0.4) is 0 Å². The highest BCUT2D eigenvalue weighted by Gasteiger charge is 2.06. The zero-order valence-electron chi connectivity index (χ0n) is 13.3. The largest absolute Gasteiger partial charge is 0.362 e. The van der Waals surface area contributed by atoms with E-state index in [1.54, 1.807) is 12.4 Å². The fourth-order valence-electron chi connectivity index (χ4n) is 2.31. The van der Waals surface area contributed by atoms with E-state index in [0.717, 1.165) is 29.4 Å². The van der Waals surface area contributed by atoms with Crippen LogP contribution in [0.5, 0.6) is 0 Å². The molecule has 1 aromatic carbocycles. The first kappa shape index (κ1) is 16.5. The summed E-state index contributed by atoms with van der Waals surface area (Å²) in [6.45, 7) is 2.89. The Morgan fingerprint density at radius 2 is 2.17 bits per heavy atom. The lowest BCUT2D eigenvalue weighted by atomic mass is 10.1. The molecule has 0 bridgehead atoms. The third-order valence-electron chi connectivity index (χ3n) is 3.46. The molecule has 0 saturated carbocycles. The van der Waals surface area contributed by atoms with Crippen LogP contribution in [-0.2, 0) is 6.42 Å². The quantitative estimate of drug-likeness (QED) is 0.677. The molecule has 0 unspecified atom stereocenters. The maximum absolute atomic E-state index is 5.34. The Bertz CT molecular complexity index is 815. The van der Waals surface area contributed by atoms with Gasteiger partial charge in [-0.05, 0) is 43.3 Å². The standard InChI is InChI=1S/C18H18N4S2/c1-13-4-2-5-14(10-13)7-9-20-17(23)22-18-21-16(12-24-18)15-6-3-8-19-11-15/h2-6,8,10-12H,7,9H2,1H3,(H2,20,21,22,23). The van der Waals surface area contributed by atoms with E-state index in [2.05, 4.69) is 51.8 Å². The number of thiazole rings is 1. The lowest BCUT2D eigenvalue weighted by Crippen LogP contribution is -2.30. The Kier molecular flexibility index (Phi) is 5.51. The first-order valence-corrected chi connectivity index (χ1v) is 8.96. The average molecular weight is 355 g/mol. The molecule has 2 N–H and O–H groups in total. The molecule has 2 aromatic heterocycles. The van der Waals surface area contributed by atoms with Gasteiger partial charge in [-0.25, -0.2) is 4.98 Å². The molecule has 3 aromatic rings. The second-order valence-corrected chi connectivity index (χ2v) is 6.67. The van der Waals surface area contributed by atoms with Crippen molar-refractivity contribution in [3.63, 3.8) is 0 Å². The summed E-state index contributed by atoms with van der Waals surface area (Å²) >= 11 is 6.86. The summed E-state index contributed by atoms with van der Waals surface area (Å²) in [7, 11) is 0. The van der Waals surface area contributed by atoms with Gasteiger partial charge < -0.3 is 10.6 Å². The minimum atomic E-state index is 0.592. The van der Waals surface area contributed by atoms with Gasteiger partial charge in [0.15, 0.2) is 10.2 Å². The summed E-state index contributed by atoms with van der Waals surface area (Å²) in [5, 5.41) is 9.73. The van der Waals surface area contributed by atoms with Gasteiger partial charge in [-0.1, -0.05) is 29.8 Å². The van der Waals surface area contributed by atoms with Gasteiger partial charge in [-0.2, -0.15) is 0 Å². The normalized spacial score (nSPS) is 10.4. The first-order valence-electron chi connectivity index (χ1n) is 7.67. The van der Waals surface area contributed by atoms with Gasteiger partial charge in [0.2, 0.25) is 0 Å². The van der Waals surface area contributed by atoms with Crippen molar-refractivity contribution in [3.8, 4) is 11.3 Å². The summed E-state index contributed by atoms with van der Waals surface area (Å²) in [6, 6.07) is 12.4. The van der Waals surface area contributed by atoms with Crippen LogP contribution in [0.25, 0.3) is 11.3 Å². The van der Waals surface area contributed by atoms with Crippen LogP contribution in [-0.4, -0.2) is 21.6 Å². The molecule has 0 atom stereocenters. The molecule has 0 fully saturated rings. The molecule has 0 radical (unpaired) electrons. The van der Waals surface area contributed by atoms with Crippen molar-refractivity contribution in [1.29, 1.82) is 0 Å². The SMILES string of the molecule is Cc1cccc(CCNC(=S)Nc2nc(-c3cccnc3)cs2)c1. The van der Waals surface area contributed by atoms with Gasteiger partial charge in [0, 0.05) is 29.9 Å². The molecule has 2 heterocycles. The van der Waals surface area contributed by atoms with Crippen LogP contribution in [0.1, 0.15) is 11.1 Å². The Morgan fingerprint density at radius 1 is 1.25 bits per heavy atom. The van der Waals surface area contributed by atoms with Gasteiger partial charge in [0.1, 0.15) is 0 Å². The Labute approximate surface area is 151 Å². The number of thiocarbonyl (C=S) groups is 1. The number of benzene rings is 1. The fourth-order valence-corrected chi connectivity index (χ4v) is 3.29. The molecule has 0 amide bonds. The summed E-state index contributed by atoms with van der Waals surface area (Å²) in [6.07, 6.45) is 4.49. The number of hydrogen-bond donors (Lipinski definition) is 2. The topological polar surface area (TPSA) is 49.8 Å². The highest BCUT2D eigenvalue weighted by atomic mass is 32.1. The highest BCUT2D eigenvalue weighted by molar-refractivity contribution is 7.80. The fraction of sp³-hybridized carbons (Fsp3) is 0.167. The van der Waals surface area contributed by atoms with Gasteiger partial charge in [0.25, 0.3) is 0 Å². The van der Waals surface area contributed by atoms with Crippen molar-refractivity contribution in [2.75, 3.05) is 11.9 Å². The summed E-state index contributed by atoms with van der Waals surface area (Å²) in [5.74, 6) is 0. The first-order chi connectivity index (χ1) is 11.7. The lowest BCUT2D eigenvalue weighted by Gasteiger charge is -2.08. The predicted octanol–water partition coefficient (Wildman–Crippen LogP) is 4.04. The zero-order valence-corrected chi connectivity index (χ0v) is 15.0. The minimum absolute atomic E-state index is 0.592. The van der Waals surface area contributed by atoms with Crippen LogP contribution >= 0.6 is 23.6 Å². The number of nitrogens with one attached hydrogen (secondary N) is 2. The van der Waals surface area contributed by atoms with E-state index in [9.17, 15) is 0 Å². The van der Waals surface area contributed by atoms with E-state index in [4.69, 9.17) is 12.2 Å². The Balaban J connectivity index is 1.49. The van der Waals surface area contributed by atoms with E-state index in [1.807, 2.05) is 17.5 Å². The van der Waals surface area contributed by atoms with Crippen LogP contribution < -0.4 is 10.6 Å². The molecule has 6 heteroatoms. The molecule has 0 aliphatic rings. The number of anilines is 1. The predicted molar refractivity (Wildman–Crippen MR) is 104 cm³/mol. The Morgan fingerprint density at radius 3 is 2.96 bits per heavy atom. The van der Waals surface area contributed by atoms with Crippen molar-refractivity contribution < 1.29 is 0 Å². The van der Waals surface area contributed by atoms with Gasteiger partial charge in [0.05, 0.1) is 5.69 Å². The molecule has 0 aliphatic carbocycles. The molecular weight excluding hydrogens is 336 g/mol. The van der Waals surface area contributed by atoms with E-state index >= 15 is 0 Å². The molecule has 24 heavy (non-hydrogen) atoms. The van der Waals surface area contributed by atoms with Gasteiger partial charge >= 0.3 is 0 Å². The number of pyridine rings is 1. The van der Waals surface area contributed by atoms with E-state index < -0.39 is 0 Å². The van der Waals surface area contributed by atoms with Crippen molar-refractivity contribution in [3.05, 3.63) is 65.3 Å². The molecular formula is C18H18N4S2. The molecule has 122 valence electrons. The maximum atomic E-state index is 5.34. The van der Waals surface area contributed by atoms with E-state index in [1.165, 1.54) is 22.5 Å². The Hall–Kier alpha value is -2.31. The van der Waals surface area contributed by atoms with Crippen LogP contribution in [0.15, 0.2) is 54.2 Å². The molecule has 3 rings (SSSR count). The number of rotatable bonds is 5. The third kappa shape index (κ3) is 4.59. The van der Waals surface area contributed by atoms with Crippen LogP contribution in [0.2, 0.25) is 0 Å². The molecule has 0 saturated heterocycles. The highest BCUT2D eigenvalue weighted by Crippen LogP contribution is 2.23. The van der Waals surface area contributed by atoms with Crippen LogP contribution in [0, 0.1) is 6.92 Å². The molecule has 0 aliphatic heterocycles. The molecule has 4 nitrogen and oxygen atoms in total. The van der Waals surface area contributed by atoms with Crippen molar-refractivity contribution in [2.45, 2.75) is 13.3 Å². The number of hydrogen-bond acceptors (Lipinski definition) is 4. The van der Waals surface area contributed by atoms with Crippen LogP contribution in [0.4, 0.5) is 5.13 Å². The minimum Gasteiger partial charge on any atom is -0.362 e. The number of nitrogens with zero attached hydrogens (tertiary/aromatic N) is 2. The zero-order chi connectivity index (χ0) is 16.8. The summed E-state index contributed by atoms with van der Waals surface area (Å²) < 4.78 is 0. The van der Waals surface area contributed by atoms with Crippen molar-refractivity contribution in [2.24, 2.45) is 0 Å². The van der Waals surface area contributed by atoms with E-state index in [-0.39, 0.29) is 0 Å². The van der Waals surface area contributed by atoms with E-state index in [0.29, 0.717) is 5.11 Å². The maximum Gasteiger partial charge on any atom is 0.189 e. The third-order valence-corrected chi connectivity index (χ3v) is 4.47. The van der Waals surface area contributed by atoms with Gasteiger partial charge in [-0.3, -0.25) is 4.98 Å². The average Bonchev–Trinajstić information content (AvgIpc) is 3.04. The second-order valence-electron chi connectivity index (χ2n) is 5.40. The molecule has 0 spiro atoms. The number of aromatic nitrogens is 2. The van der Waals surface area contributed by atoms with Crippen molar-refractivity contribution in [1.82, 2.24) is 15.3 Å². The monoisotopic (exact) mass is 354 g/mol. The summed E-state index contributed by atoms with van der Waals surface area (Å²) in [4.78, 5) is 8.65. The number of aryl methyl sites for hydroxylation is 1. The summed E-state index contributed by atoms with van der Waals surface area (Å²) in [5.41, 5.74) is 4.48. The van der Waals surface area contributed by atoms with Crippen molar-refractivity contribution >= 4 is 33.8 Å². The second kappa shape index (κ2) is 7.99. The smallest absolute Gasteiger partial charge is 0.189 e. The lowest BCUT2D eigenvalue weighted by molar-refractivity contribution is 0.872.